The Morgan fingerprint density at radius 3 is 2.91 bits per heavy atom. The van der Waals surface area contributed by atoms with Crippen LogP contribution in [0.4, 0.5) is 0 Å². The van der Waals surface area contributed by atoms with E-state index in [1.165, 1.54) is 5.56 Å². The standard InChI is InChI=1S/C8H11BrN2/c1-3-11-6-8(4-5-9)7(2)10-11/h4-6H,3H2,1-2H3/b5-4+. The Labute approximate surface area is 75.0 Å². The minimum Gasteiger partial charge on any atom is -0.272 e. The van der Waals surface area contributed by atoms with E-state index in [2.05, 4.69) is 28.0 Å². The Balaban J connectivity index is 2.97. The van der Waals surface area contributed by atoms with Gasteiger partial charge < -0.3 is 0 Å². The molecule has 1 heterocycles. The van der Waals surface area contributed by atoms with Gasteiger partial charge in [0, 0.05) is 18.3 Å². The van der Waals surface area contributed by atoms with E-state index < -0.39 is 0 Å². The molecule has 0 aliphatic carbocycles. The molecule has 0 fully saturated rings. The van der Waals surface area contributed by atoms with Crippen molar-refractivity contribution in [1.82, 2.24) is 9.78 Å². The van der Waals surface area contributed by atoms with E-state index in [1.807, 2.05) is 28.9 Å². The topological polar surface area (TPSA) is 17.8 Å². The van der Waals surface area contributed by atoms with Crippen LogP contribution in [-0.2, 0) is 6.54 Å². The molecule has 11 heavy (non-hydrogen) atoms. The third-order valence-electron chi connectivity index (χ3n) is 1.55. The van der Waals surface area contributed by atoms with Crippen molar-refractivity contribution < 1.29 is 0 Å². The first-order valence-electron chi connectivity index (χ1n) is 3.58. The van der Waals surface area contributed by atoms with Gasteiger partial charge in [-0.2, -0.15) is 5.10 Å². The Morgan fingerprint density at radius 1 is 1.73 bits per heavy atom. The number of aryl methyl sites for hydroxylation is 2. The number of hydrogen-bond acceptors (Lipinski definition) is 1. The average Bonchev–Trinajstić information content (AvgIpc) is 2.33. The van der Waals surface area contributed by atoms with E-state index in [1.54, 1.807) is 0 Å². The number of aromatic nitrogens is 2. The molecular weight excluding hydrogens is 204 g/mol. The SMILES string of the molecule is CCn1cc(/C=C/Br)c(C)n1. The van der Waals surface area contributed by atoms with Gasteiger partial charge in [0.15, 0.2) is 0 Å². The monoisotopic (exact) mass is 214 g/mol. The lowest BCUT2D eigenvalue weighted by Crippen LogP contribution is -1.93. The molecule has 1 rings (SSSR count). The van der Waals surface area contributed by atoms with Gasteiger partial charge in [-0.1, -0.05) is 15.9 Å². The van der Waals surface area contributed by atoms with Gasteiger partial charge >= 0.3 is 0 Å². The molecule has 0 spiro atoms. The van der Waals surface area contributed by atoms with E-state index in [9.17, 15) is 0 Å². The van der Waals surface area contributed by atoms with Crippen molar-refractivity contribution in [2.45, 2.75) is 20.4 Å². The van der Waals surface area contributed by atoms with Crippen LogP contribution in [0.5, 0.6) is 0 Å². The Kier molecular flexibility index (Phi) is 2.88. The molecule has 0 bridgehead atoms. The van der Waals surface area contributed by atoms with Crippen LogP contribution in [0.3, 0.4) is 0 Å². The lowest BCUT2D eigenvalue weighted by Gasteiger charge is -1.89. The summed E-state index contributed by atoms with van der Waals surface area (Å²) in [6, 6.07) is 0. The van der Waals surface area contributed by atoms with Crippen LogP contribution in [-0.4, -0.2) is 9.78 Å². The molecule has 2 nitrogen and oxygen atoms in total. The molecule has 0 aromatic carbocycles. The maximum atomic E-state index is 4.29. The lowest BCUT2D eigenvalue weighted by molar-refractivity contribution is 0.653. The number of hydrogen-bond donors (Lipinski definition) is 0. The summed E-state index contributed by atoms with van der Waals surface area (Å²) in [5.41, 5.74) is 2.24. The summed E-state index contributed by atoms with van der Waals surface area (Å²) in [7, 11) is 0. The minimum absolute atomic E-state index is 0.928. The highest BCUT2D eigenvalue weighted by molar-refractivity contribution is 9.11. The van der Waals surface area contributed by atoms with Gasteiger partial charge in [-0.3, -0.25) is 4.68 Å². The fourth-order valence-electron chi connectivity index (χ4n) is 0.927. The van der Waals surface area contributed by atoms with E-state index in [0.717, 1.165) is 12.2 Å². The summed E-state index contributed by atoms with van der Waals surface area (Å²) in [6.45, 7) is 5.01. The third-order valence-corrected chi connectivity index (χ3v) is 1.82. The highest BCUT2D eigenvalue weighted by Gasteiger charge is 1.98. The van der Waals surface area contributed by atoms with Crippen LogP contribution in [0.1, 0.15) is 18.2 Å². The molecule has 0 N–H and O–H groups in total. The van der Waals surface area contributed by atoms with E-state index >= 15 is 0 Å². The number of halogens is 1. The summed E-state index contributed by atoms with van der Waals surface area (Å²) in [4.78, 5) is 1.84. The zero-order chi connectivity index (χ0) is 8.27. The van der Waals surface area contributed by atoms with Gasteiger partial charge in [-0.25, -0.2) is 0 Å². The van der Waals surface area contributed by atoms with Crippen molar-refractivity contribution in [3.8, 4) is 0 Å². The van der Waals surface area contributed by atoms with Gasteiger partial charge in [0.25, 0.3) is 0 Å². The summed E-state index contributed by atoms with van der Waals surface area (Å²) in [5, 5.41) is 4.29. The molecule has 0 saturated heterocycles. The Morgan fingerprint density at radius 2 is 2.45 bits per heavy atom. The first-order valence-corrected chi connectivity index (χ1v) is 4.50. The van der Waals surface area contributed by atoms with E-state index in [4.69, 9.17) is 0 Å². The molecule has 0 unspecified atom stereocenters. The second-order valence-corrected chi connectivity index (χ2v) is 2.85. The minimum atomic E-state index is 0.928. The second-order valence-electron chi connectivity index (χ2n) is 2.32. The molecule has 1 aromatic rings. The number of rotatable bonds is 2. The zero-order valence-electron chi connectivity index (χ0n) is 6.71. The lowest BCUT2D eigenvalue weighted by atomic mass is 10.3. The number of nitrogens with zero attached hydrogens (tertiary/aromatic N) is 2. The molecule has 0 saturated carbocycles. The first kappa shape index (κ1) is 8.53. The Hall–Kier alpha value is -0.570. The molecule has 1 aromatic heterocycles. The summed E-state index contributed by atoms with van der Waals surface area (Å²) in [6.07, 6.45) is 4.03. The van der Waals surface area contributed by atoms with Crippen LogP contribution in [0.15, 0.2) is 11.2 Å². The van der Waals surface area contributed by atoms with Crippen LogP contribution in [0.2, 0.25) is 0 Å². The highest BCUT2D eigenvalue weighted by Crippen LogP contribution is 2.08. The van der Waals surface area contributed by atoms with Crippen molar-refractivity contribution in [3.05, 3.63) is 22.4 Å². The first-order chi connectivity index (χ1) is 5.27. The van der Waals surface area contributed by atoms with Crippen molar-refractivity contribution in [2.24, 2.45) is 0 Å². The molecule has 0 amide bonds. The van der Waals surface area contributed by atoms with Gasteiger partial charge in [0.2, 0.25) is 0 Å². The van der Waals surface area contributed by atoms with Crippen molar-refractivity contribution >= 4 is 22.0 Å². The maximum absolute atomic E-state index is 4.29. The largest absolute Gasteiger partial charge is 0.272 e. The normalized spacial score (nSPS) is 11.2. The Bertz CT molecular complexity index is 263. The fraction of sp³-hybridized carbons (Fsp3) is 0.375. The van der Waals surface area contributed by atoms with Crippen LogP contribution in [0.25, 0.3) is 6.08 Å². The van der Waals surface area contributed by atoms with Gasteiger partial charge in [-0.15, -0.1) is 0 Å². The molecule has 60 valence electrons. The van der Waals surface area contributed by atoms with Gasteiger partial charge in [0.05, 0.1) is 5.69 Å². The molecule has 0 aliphatic rings. The fourth-order valence-corrected chi connectivity index (χ4v) is 1.21. The predicted molar refractivity (Wildman–Crippen MR) is 50.6 cm³/mol. The van der Waals surface area contributed by atoms with Gasteiger partial charge in [0.1, 0.15) is 0 Å². The van der Waals surface area contributed by atoms with E-state index in [-0.39, 0.29) is 0 Å². The van der Waals surface area contributed by atoms with Crippen LogP contribution >= 0.6 is 15.9 Å². The van der Waals surface area contributed by atoms with Gasteiger partial charge in [-0.05, 0) is 24.9 Å². The molecule has 0 radical (unpaired) electrons. The van der Waals surface area contributed by atoms with Crippen molar-refractivity contribution in [3.63, 3.8) is 0 Å². The van der Waals surface area contributed by atoms with E-state index in [0.29, 0.717) is 0 Å². The smallest absolute Gasteiger partial charge is 0.0666 e. The van der Waals surface area contributed by atoms with Crippen LogP contribution < -0.4 is 0 Å². The predicted octanol–water partition coefficient (Wildman–Crippen LogP) is 2.58. The summed E-state index contributed by atoms with van der Waals surface area (Å²) >= 11 is 3.23. The molecular formula is C8H11BrN2. The summed E-state index contributed by atoms with van der Waals surface area (Å²) < 4.78 is 1.93. The summed E-state index contributed by atoms with van der Waals surface area (Å²) in [5.74, 6) is 0. The van der Waals surface area contributed by atoms with Crippen LogP contribution in [0, 0.1) is 6.92 Å². The second kappa shape index (κ2) is 3.72. The highest BCUT2D eigenvalue weighted by atomic mass is 79.9. The molecule has 0 atom stereocenters. The molecule has 0 aliphatic heterocycles. The maximum Gasteiger partial charge on any atom is 0.0666 e. The van der Waals surface area contributed by atoms with Crippen molar-refractivity contribution in [2.75, 3.05) is 0 Å². The quantitative estimate of drug-likeness (QED) is 0.741. The third kappa shape index (κ3) is 1.93. The average molecular weight is 215 g/mol. The molecule has 3 heteroatoms. The zero-order valence-corrected chi connectivity index (χ0v) is 8.30. The van der Waals surface area contributed by atoms with Crippen molar-refractivity contribution in [1.29, 1.82) is 0 Å².